The predicted octanol–water partition coefficient (Wildman–Crippen LogP) is -1.48. The van der Waals surface area contributed by atoms with Gasteiger partial charge in [-0.05, 0) is 44.2 Å². The fourth-order valence-electron chi connectivity index (χ4n) is 4.29. The van der Waals surface area contributed by atoms with Crippen LogP contribution in [0.25, 0.3) is 0 Å². The van der Waals surface area contributed by atoms with E-state index in [9.17, 15) is 33.6 Å². The molecule has 53 heavy (non-hydrogen) atoms. The molecule has 1 fully saturated rings. The van der Waals surface area contributed by atoms with Crippen LogP contribution >= 0.6 is 21.6 Å². The van der Waals surface area contributed by atoms with Crippen LogP contribution in [0.5, 0.6) is 0 Å². The van der Waals surface area contributed by atoms with Crippen molar-refractivity contribution in [3.8, 4) is 0 Å². The molecule has 1 aromatic heterocycles. The van der Waals surface area contributed by atoms with E-state index in [-0.39, 0.29) is 42.8 Å². The molecule has 1 aliphatic rings. The lowest BCUT2D eigenvalue weighted by atomic mass is 10.0. The van der Waals surface area contributed by atoms with Gasteiger partial charge in [0.2, 0.25) is 41.4 Å². The van der Waals surface area contributed by atoms with Crippen molar-refractivity contribution in [2.24, 2.45) is 28.1 Å². The molecule has 13 N–H and O–H groups in total. The van der Waals surface area contributed by atoms with Crippen molar-refractivity contribution < 1.29 is 33.6 Å². The van der Waals surface area contributed by atoms with E-state index in [0.29, 0.717) is 0 Å². The van der Waals surface area contributed by atoms with Gasteiger partial charge in [-0.25, -0.2) is 0 Å². The molecule has 0 bridgehead atoms. The van der Waals surface area contributed by atoms with Crippen molar-refractivity contribution in [3.05, 3.63) is 47.8 Å². The second-order valence-corrected chi connectivity index (χ2v) is 14.9. The number of H-pyrrole nitrogens is 1. The highest BCUT2D eigenvalue weighted by atomic mass is 33.1. The van der Waals surface area contributed by atoms with Crippen molar-refractivity contribution in [2.75, 3.05) is 31.1 Å². The van der Waals surface area contributed by atoms with E-state index in [4.69, 9.17) is 17.2 Å². The molecule has 1 aromatic rings. The highest BCUT2D eigenvalue weighted by Gasteiger charge is 2.29. The Balaban J connectivity index is 0.00000108. The lowest BCUT2D eigenvalue weighted by Crippen LogP contribution is -2.56. The molecule has 7 amide bonds. The maximum absolute atomic E-state index is 13.2. The zero-order chi connectivity index (χ0) is 39.9. The molecule has 4 atom stereocenters. The number of aliphatic imine (C=N–C) groups is 1. The summed E-state index contributed by atoms with van der Waals surface area (Å²) >= 11 is 0. The van der Waals surface area contributed by atoms with Crippen LogP contribution < -0.4 is 49.1 Å². The predicted molar refractivity (Wildman–Crippen MR) is 206 cm³/mol. The first-order valence-electron chi connectivity index (χ1n) is 16.7. The van der Waals surface area contributed by atoms with Crippen molar-refractivity contribution in [1.29, 1.82) is 0 Å². The van der Waals surface area contributed by atoms with Crippen molar-refractivity contribution in [1.82, 2.24) is 36.9 Å². The third kappa shape index (κ3) is 21.2. The zero-order valence-corrected chi connectivity index (χ0v) is 32.3. The van der Waals surface area contributed by atoms with E-state index in [1.807, 2.05) is 51.2 Å². The number of amides is 7. The Morgan fingerprint density at radius 1 is 0.849 bits per heavy atom. The van der Waals surface area contributed by atoms with Gasteiger partial charge in [-0.15, -0.1) is 0 Å². The van der Waals surface area contributed by atoms with Gasteiger partial charge in [0.25, 0.3) is 0 Å². The second-order valence-electron chi connectivity index (χ2n) is 12.3. The molecule has 294 valence electrons. The molecule has 2 rings (SSSR count). The van der Waals surface area contributed by atoms with Crippen LogP contribution in [0.4, 0.5) is 0 Å². The summed E-state index contributed by atoms with van der Waals surface area (Å²) in [7, 11) is 2.24. The Bertz CT molecular complexity index is 1470. The van der Waals surface area contributed by atoms with Gasteiger partial charge in [0.1, 0.15) is 24.2 Å². The van der Waals surface area contributed by atoms with Crippen molar-refractivity contribution in [3.63, 3.8) is 0 Å². The summed E-state index contributed by atoms with van der Waals surface area (Å²) in [5.74, 6) is -4.97. The first-order chi connectivity index (χ1) is 25.0. The number of carbonyl (C=O) groups excluding carboxylic acids is 7. The molecule has 0 aliphatic carbocycles. The summed E-state index contributed by atoms with van der Waals surface area (Å²) in [5.41, 5.74) is 18.5. The molecule has 0 saturated carbocycles. The van der Waals surface area contributed by atoms with Gasteiger partial charge in [0, 0.05) is 36.9 Å². The largest absolute Gasteiger partial charge is 0.370 e. The number of hydrogen-bond acceptors (Lipinski definition) is 10. The van der Waals surface area contributed by atoms with Gasteiger partial charge in [-0.2, -0.15) is 0 Å². The molecule has 20 heteroatoms. The molecule has 2 heterocycles. The minimum absolute atomic E-state index is 0.0188. The number of guanidine groups is 1. The molecule has 1 aliphatic heterocycles. The minimum atomic E-state index is -1.19. The summed E-state index contributed by atoms with van der Waals surface area (Å²) in [6.45, 7) is 7.93. The number of rotatable bonds is 7. The van der Waals surface area contributed by atoms with Gasteiger partial charge in [0.15, 0.2) is 5.96 Å². The molecule has 1 saturated heterocycles. The van der Waals surface area contributed by atoms with Crippen molar-refractivity contribution >= 4 is 68.9 Å². The highest BCUT2D eigenvalue weighted by molar-refractivity contribution is 8.76. The van der Waals surface area contributed by atoms with Gasteiger partial charge in [-0.1, -0.05) is 59.7 Å². The standard InChI is InChI=1S/C23H40N10O7S2.C10H13N/c1-11(2)6-14-22(40)33-13(4-5-27-23(25)26)20(38)28-8-18(36)32-15(19(24)37)9-41-42-10-16(30-12(3)34)21(39)29-7-17(35)31-14;1-9-6-4-3-5-7-10(2)11-8-9/h11,13-16H,4-10H2,1-3H3,(H2,24,37)(H,28,38)(H,29,39)(H,30,34)(H,31,35)(H,32,36)(H,33,40)(H4,25,26,27);3-8,11H,1-2H3/t13?,14-,15?,16+;/m1./s1. The van der Waals surface area contributed by atoms with Crippen LogP contribution in [0.15, 0.2) is 41.5 Å². The number of nitrogens with two attached hydrogens (primary N) is 3. The number of aryl methyl sites for hydroxylation is 2. The van der Waals surface area contributed by atoms with E-state index in [0.717, 1.165) is 27.3 Å². The fourth-order valence-corrected chi connectivity index (χ4v) is 6.63. The van der Waals surface area contributed by atoms with Crippen LogP contribution in [0.2, 0.25) is 0 Å². The van der Waals surface area contributed by atoms with E-state index in [1.54, 1.807) is 0 Å². The Morgan fingerprint density at radius 3 is 2.09 bits per heavy atom. The summed E-state index contributed by atoms with van der Waals surface area (Å²) < 4.78 is 0. The Morgan fingerprint density at radius 2 is 1.47 bits per heavy atom. The molecule has 0 spiro atoms. The lowest BCUT2D eigenvalue weighted by Gasteiger charge is -2.24. The topological polar surface area (TPSA) is 298 Å². The van der Waals surface area contributed by atoms with Gasteiger partial charge < -0.3 is 54.1 Å². The number of aromatic nitrogens is 1. The van der Waals surface area contributed by atoms with Gasteiger partial charge in [-0.3, -0.25) is 38.6 Å². The summed E-state index contributed by atoms with van der Waals surface area (Å²) in [6.07, 6.45) is 2.15. The summed E-state index contributed by atoms with van der Waals surface area (Å²) in [4.78, 5) is 94.5. The van der Waals surface area contributed by atoms with E-state index < -0.39 is 78.6 Å². The molecular weight excluding hydrogens is 727 g/mol. The maximum atomic E-state index is 13.2. The number of carbonyl (C=O) groups is 7. The van der Waals surface area contributed by atoms with E-state index in [1.165, 1.54) is 12.5 Å². The van der Waals surface area contributed by atoms with E-state index >= 15 is 0 Å². The molecule has 18 nitrogen and oxygen atoms in total. The first kappa shape index (κ1) is 46.0. The SMILES string of the molecule is CC(=O)N[C@H]1CSSCC(C(N)=O)NC(=O)CNC(=O)C(CCN=C(N)N)NC(=O)[C@@H](CC(C)C)NC(=O)CNC1=O.Cc1cccccc(C)[nH]c1. The molecule has 0 radical (unpaired) electrons. The second kappa shape index (κ2) is 25.1. The number of nitrogens with one attached hydrogen (secondary N) is 7. The number of nitrogens with zero attached hydrogens (tertiary/aromatic N) is 1. The molecular formula is C33H53N11O7S2. The van der Waals surface area contributed by atoms with Crippen LogP contribution in [-0.2, 0) is 33.6 Å². The van der Waals surface area contributed by atoms with Crippen LogP contribution in [0.3, 0.4) is 0 Å². The normalized spacial score (nSPS) is 20.7. The lowest BCUT2D eigenvalue weighted by molar-refractivity contribution is -0.133. The zero-order valence-electron chi connectivity index (χ0n) is 30.7. The van der Waals surface area contributed by atoms with Crippen LogP contribution in [-0.4, -0.2) is 108 Å². The quantitative estimate of drug-likeness (QED) is 0.0865. The minimum Gasteiger partial charge on any atom is -0.370 e. The number of aromatic amines is 1. The van der Waals surface area contributed by atoms with Gasteiger partial charge >= 0.3 is 0 Å². The maximum Gasteiger partial charge on any atom is 0.243 e. The fraction of sp³-hybridized carbons (Fsp3) is 0.515. The summed E-state index contributed by atoms with van der Waals surface area (Å²) in [5, 5.41) is 14.9. The average Bonchev–Trinajstić information content (AvgIpc) is 3.16. The Kier molecular flexibility index (Phi) is 21.8. The third-order valence-electron chi connectivity index (χ3n) is 6.93. The summed E-state index contributed by atoms with van der Waals surface area (Å²) in [6, 6.07) is 5.79. The monoisotopic (exact) mass is 779 g/mol. The van der Waals surface area contributed by atoms with Gasteiger partial charge in [0.05, 0.1) is 13.1 Å². The number of hydrogen-bond donors (Lipinski definition) is 10. The van der Waals surface area contributed by atoms with Crippen LogP contribution in [0.1, 0.15) is 44.9 Å². The Hall–Kier alpha value is -4.98. The van der Waals surface area contributed by atoms with Crippen molar-refractivity contribution in [2.45, 2.75) is 71.6 Å². The number of primary amides is 1. The smallest absolute Gasteiger partial charge is 0.243 e. The highest BCUT2D eigenvalue weighted by Crippen LogP contribution is 2.23. The molecule has 2 unspecified atom stereocenters. The van der Waals surface area contributed by atoms with Crippen LogP contribution in [0, 0.1) is 19.8 Å². The first-order valence-corrected chi connectivity index (χ1v) is 19.2. The Labute approximate surface area is 317 Å². The molecule has 0 aromatic carbocycles. The third-order valence-corrected chi connectivity index (χ3v) is 9.35. The average molecular weight is 780 g/mol. The van der Waals surface area contributed by atoms with E-state index in [2.05, 4.69) is 54.9 Å².